The summed E-state index contributed by atoms with van der Waals surface area (Å²) in [5.41, 5.74) is 1.07. The normalized spacial score (nSPS) is 17.3. The van der Waals surface area contributed by atoms with Crippen LogP contribution in [0.3, 0.4) is 0 Å². The second-order valence-corrected chi connectivity index (χ2v) is 10.0. The Morgan fingerprint density at radius 2 is 1.84 bits per heavy atom. The van der Waals surface area contributed by atoms with Gasteiger partial charge in [0.25, 0.3) is 15.9 Å². The number of nitrogens with zero attached hydrogens (tertiary/aromatic N) is 2. The molecule has 1 amide bonds. The van der Waals surface area contributed by atoms with Gasteiger partial charge in [-0.25, -0.2) is 8.42 Å². The summed E-state index contributed by atoms with van der Waals surface area (Å²) in [5, 5.41) is 2.97. The number of carbonyl (C=O) groups excluding carboxylic acids is 1. The van der Waals surface area contributed by atoms with Crippen LogP contribution in [0.2, 0.25) is 0 Å². The molecule has 0 radical (unpaired) electrons. The highest BCUT2D eigenvalue weighted by Gasteiger charge is 2.23. The Morgan fingerprint density at radius 1 is 1.13 bits per heavy atom. The van der Waals surface area contributed by atoms with E-state index in [0.717, 1.165) is 32.0 Å². The molecule has 0 unspecified atom stereocenters. The Kier molecular flexibility index (Phi) is 8.09. The van der Waals surface area contributed by atoms with Crippen molar-refractivity contribution < 1.29 is 13.2 Å². The van der Waals surface area contributed by atoms with Crippen LogP contribution in [0.5, 0.6) is 0 Å². The van der Waals surface area contributed by atoms with Gasteiger partial charge >= 0.3 is 0 Å². The van der Waals surface area contributed by atoms with Crippen molar-refractivity contribution in [1.29, 1.82) is 0 Å². The van der Waals surface area contributed by atoms with Gasteiger partial charge in [0.05, 0.1) is 10.6 Å². The average molecular weight is 444 g/mol. The molecule has 0 aliphatic carbocycles. The second-order valence-electron chi connectivity index (χ2n) is 8.19. The molecule has 1 heterocycles. The molecule has 0 aromatic heterocycles. The quantitative estimate of drug-likeness (QED) is 0.599. The van der Waals surface area contributed by atoms with Gasteiger partial charge in [-0.15, -0.1) is 0 Å². The van der Waals surface area contributed by atoms with Crippen molar-refractivity contribution >= 4 is 21.6 Å². The van der Waals surface area contributed by atoms with Crippen molar-refractivity contribution in [3.8, 4) is 0 Å². The molecule has 0 bridgehead atoms. The van der Waals surface area contributed by atoms with Crippen LogP contribution in [0.15, 0.2) is 59.5 Å². The predicted molar refractivity (Wildman–Crippen MR) is 125 cm³/mol. The fraction of sp³-hybridized carbons (Fsp3) is 0.458. The van der Waals surface area contributed by atoms with E-state index in [9.17, 15) is 13.2 Å². The first-order chi connectivity index (χ1) is 14.9. The second kappa shape index (κ2) is 10.8. The lowest BCUT2D eigenvalue weighted by molar-refractivity contribution is 0.0950. The maximum Gasteiger partial charge on any atom is 0.264 e. The third kappa shape index (κ3) is 6.08. The minimum atomic E-state index is -3.64. The molecule has 1 aliphatic rings. The molecule has 1 fully saturated rings. The van der Waals surface area contributed by atoms with E-state index in [4.69, 9.17) is 0 Å². The number of carbonyl (C=O) groups is 1. The zero-order valence-electron chi connectivity index (χ0n) is 18.5. The Morgan fingerprint density at radius 3 is 2.48 bits per heavy atom. The highest BCUT2D eigenvalue weighted by atomic mass is 32.2. The number of amides is 1. The smallest absolute Gasteiger partial charge is 0.264 e. The molecule has 2 aromatic rings. The van der Waals surface area contributed by atoms with Gasteiger partial charge < -0.3 is 10.2 Å². The summed E-state index contributed by atoms with van der Waals surface area (Å²) < 4.78 is 27.3. The van der Waals surface area contributed by atoms with Crippen molar-refractivity contribution in [1.82, 2.24) is 10.2 Å². The van der Waals surface area contributed by atoms with Gasteiger partial charge in [0, 0.05) is 25.2 Å². The van der Waals surface area contributed by atoms with E-state index in [2.05, 4.69) is 17.1 Å². The van der Waals surface area contributed by atoms with E-state index < -0.39 is 10.0 Å². The van der Waals surface area contributed by atoms with Crippen LogP contribution in [0.25, 0.3) is 0 Å². The summed E-state index contributed by atoms with van der Waals surface area (Å²) in [6.45, 7) is 8.33. The first-order valence-corrected chi connectivity index (χ1v) is 12.5. The number of anilines is 1. The highest BCUT2D eigenvalue weighted by molar-refractivity contribution is 7.92. The third-order valence-electron chi connectivity index (χ3n) is 5.71. The van der Waals surface area contributed by atoms with Crippen molar-refractivity contribution in [2.45, 2.75) is 38.0 Å². The number of benzene rings is 2. The molecule has 31 heavy (non-hydrogen) atoms. The molecule has 0 spiro atoms. The van der Waals surface area contributed by atoms with Crippen LogP contribution in [0, 0.1) is 5.92 Å². The van der Waals surface area contributed by atoms with Gasteiger partial charge in [0.1, 0.15) is 0 Å². The molecular formula is C24H33N3O3S. The number of likely N-dealkylation sites (tertiary alicyclic amines) is 1. The summed E-state index contributed by atoms with van der Waals surface area (Å²) in [6, 6.07) is 15.1. The molecule has 1 atom stereocenters. The molecule has 7 heteroatoms. The monoisotopic (exact) mass is 443 g/mol. The fourth-order valence-electron chi connectivity index (χ4n) is 4.09. The van der Waals surface area contributed by atoms with Gasteiger partial charge in [-0.3, -0.25) is 9.10 Å². The molecule has 0 saturated carbocycles. The molecular weight excluding hydrogens is 410 g/mol. The Bertz CT molecular complexity index is 946. The number of sulfonamides is 1. The van der Waals surface area contributed by atoms with Crippen LogP contribution < -0.4 is 9.62 Å². The lowest BCUT2D eigenvalue weighted by Crippen LogP contribution is -2.36. The summed E-state index contributed by atoms with van der Waals surface area (Å²) in [6.07, 6.45) is 3.50. The zero-order valence-corrected chi connectivity index (χ0v) is 19.3. The molecule has 1 aliphatic heterocycles. The summed E-state index contributed by atoms with van der Waals surface area (Å²) in [5.74, 6) is 0.628. The van der Waals surface area contributed by atoms with Gasteiger partial charge in [0.2, 0.25) is 0 Å². The molecule has 168 valence electrons. The van der Waals surface area contributed by atoms with Crippen molar-refractivity contribution in [3.05, 3.63) is 60.2 Å². The van der Waals surface area contributed by atoms with Gasteiger partial charge in [-0.1, -0.05) is 25.1 Å². The minimum absolute atomic E-state index is 0.132. The summed E-state index contributed by atoms with van der Waals surface area (Å²) >= 11 is 0. The third-order valence-corrected chi connectivity index (χ3v) is 7.63. The molecule has 3 rings (SSSR count). The lowest BCUT2D eigenvalue weighted by Gasteiger charge is -2.30. The highest BCUT2D eigenvalue weighted by Crippen LogP contribution is 2.23. The van der Waals surface area contributed by atoms with E-state index in [1.165, 1.54) is 17.1 Å². The van der Waals surface area contributed by atoms with Crippen molar-refractivity contribution in [2.75, 3.05) is 37.0 Å². The zero-order chi connectivity index (χ0) is 22.3. The Balaban J connectivity index is 1.55. The summed E-state index contributed by atoms with van der Waals surface area (Å²) in [4.78, 5) is 15.2. The number of nitrogens with one attached hydrogen (secondary N) is 1. The minimum Gasteiger partial charge on any atom is -0.352 e. The number of rotatable bonds is 9. The van der Waals surface area contributed by atoms with Gasteiger partial charge in [0.15, 0.2) is 0 Å². The predicted octanol–water partition coefficient (Wildman–Crippen LogP) is 3.75. The molecule has 2 aromatic carbocycles. The van der Waals surface area contributed by atoms with E-state index in [-0.39, 0.29) is 10.8 Å². The van der Waals surface area contributed by atoms with Gasteiger partial charge in [-0.05, 0) is 81.6 Å². The van der Waals surface area contributed by atoms with E-state index >= 15 is 0 Å². The van der Waals surface area contributed by atoms with Crippen molar-refractivity contribution in [2.24, 2.45) is 5.92 Å². The Hall–Kier alpha value is -2.38. The SMILES string of the molecule is CCN(c1ccc(C(=O)NCCCN2CCC[C@H](C)C2)cc1)S(=O)(=O)c1ccccc1. The first-order valence-electron chi connectivity index (χ1n) is 11.1. The molecule has 1 saturated heterocycles. The maximum absolute atomic E-state index is 13.0. The standard InChI is InChI=1S/C24H33N3O3S/c1-3-27(31(29,30)23-10-5-4-6-11-23)22-14-12-21(13-15-22)24(28)25-16-8-18-26-17-7-9-20(2)19-26/h4-6,10-15,20H,3,7-9,16-19H2,1-2H3,(H,25,28)/t20-/m0/s1. The van der Waals surface area contributed by atoms with Crippen LogP contribution in [-0.4, -0.2) is 51.9 Å². The topological polar surface area (TPSA) is 69.7 Å². The van der Waals surface area contributed by atoms with Crippen LogP contribution in [0.4, 0.5) is 5.69 Å². The van der Waals surface area contributed by atoms with E-state index in [1.54, 1.807) is 61.5 Å². The fourth-order valence-corrected chi connectivity index (χ4v) is 5.58. The Labute approximate surface area is 186 Å². The number of piperidine rings is 1. The van der Waals surface area contributed by atoms with E-state index in [0.29, 0.717) is 24.3 Å². The maximum atomic E-state index is 13.0. The van der Waals surface area contributed by atoms with Crippen LogP contribution in [0.1, 0.15) is 43.5 Å². The summed E-state index contributed by atoms with van der Waals surface area (Å²) in [7, 11) is -3.64. The largest absolute Gasteiger partial charge is 0.352 e. The molecule has 1 N–H and O–H groups in total. The molecule has 6 nitrogen and oxygen atoms in total. The lowest BCUT2D eigenvalue weighted by atomic mass is 10.0. The van der Waals surface area contributed by atoms with Gasteiger partial charge in [-0.2, -0.15) is 0 Å². The van der Waals surface area contributed by atoms with Crippen molar-refractivity contribution in [3.63, 3.8) is 0 Å². The number of hydrogen-bond acceptors (Lipinski definition) is 4. The van der Waals surface area contributed by atoms with E-state index in [1.807, 2.05) is 0 Å². The van der Waals surface area contributed by atoms with Crippen LogP contribution >= 0.6 is 0 Å². The average Bonchev–Trinajstić information content (AvgIpc) is 2.78. The number of hydrogen-bond donors (Lipinski definition) is 1. The first kappa shape index (κ1) is 23.3. The van der Waals surface area contributed by atoms with Crippen LogP contribution in [-0.2, 0) is 10.0 Å².